The summed E-state index contributed by atoms with van der Waals surface area (Å²) >= 11 is 6.09. The normalized spacial score (nSPS) is 12.4. The van der Waals surface area contributed by atoms with Gasteiger partial charge >= 0.3 is 0 Å². The van der Waals surface area contributed by atoms with Gasteiger partial charge in [-0.05, 0) is 36.1 Å². The average Bonchev–Trinajstić information content (AvgIpc) is 2.35. The predicted molar refractivity (Wildman–Crippen MR) is 76.0 cm³/mol. The monoisotopic (exact) mass is 260 g/mol. The van der Waals surface area contributed by atoms with Crippen LogP contribution in [0.1, 0.15) is 16.7 Å². The van der Waals surface area contributed by atoms with E-state index in [1.54, 1.807) is 0 Å². The first-order chi connectivity index (χ1) is 8.66. The van der Waals surface area contributed by atoms with Gasteiger partial charge in [-0.15, -0.1) is 0 Å². The van der Waals surface area contributed by atoms with Crippen molar-refractivity contribution in [2.45, 2.75) is 25.9 Å². The lowest BCUT2D eigenvalue weighted by Gasteiger charge is -2.13. The third kappa shape index (κ3) is 3.34. The Bertz CT molecular complexity index is 475. The highest BCUT2D eigenvalue weighted by Crippen LogP contribution is 2.18. The van der Waals surface area contributed by atoms with Crippen LogP contribution in [0.3, 0.4) is 0 Å². The molecule has 2 aromatic carbocycles. The zero-order chi connectivity index (χ0) is 13.0. The molecular weight excluding hydrogens is 244 g/mol. The number of halogens is 1. The maximum absolute atomic E-state index is 10.1. The van der Waals surface area contributed by atoms with Gasteiger partial charge in [-0.1, -0.05) is 54.1 Å². The largest absolute Gasteiger partial charge is 0.392 e. The topological polar surface area (TPSA) is 20.2 Å². The second-order valence-electron chi connectivity index (χ2n) is 4.58. The number of hydrogen-bond donors (Lipinski definition) is 1. The molecule has 0 aliphatic rings. The van der Waals surface area contributed by atoms with E-state index >= 15 is 0 Å². The van der Waals surface area contributed by atoms with Gasteiger partial charge in [-0.25, -0.2) is 0 Å². The summed E-state index contributed by atoms with van der Waals surface area (Å²) in [5.41, 5.74) is 3.41. The molecule has 0 aliphatic carbocycles. The van der Waals surface area contributed by atoms with Crippen molar-refractivity contribution >= 4 is 11.6 Å². The molecule has 0 saturated heterocycles. The molecule has 0 aliphatic heterocycles. The molecule has 0 aromatic heterocycles. The van der Waals surface area contributed by atoms with Crippen LogP contribution in [0.2, 0.25) is 5.02 Å². The number of aliphatic hydroxyl groups is 1. The number of hydrogen-bond acceptors (Lipinski definition) is 1. The van der Waals surface area contributed by atoms with Gasteiger partial charge < -0.3 is 5.11 Å². The zero-order valence-corrected chi connectivity index (χ0v) is 11.2. The van der Waals surface area contributed by atoms with Crippen molar-refractivity contribution < 1.29 is 5.11 Å². The molecule has 18 heavy (non-hydrogen) atoms. The minimum absolute atomic E-state index is 0.397. The molecule has 0 saturated carbocycles. The Morgan fingerprint density at radius 2 is 1.50 bits per heavy atom. The number of aryl methyl sites for hydroxylation is 1. The Kier molecular flexibility index (Phi) is 4.40. The molecular formula is C16H17ClO. The van der Waals surface area contributed by atoms with Crippen LogP contribution >= 0.6 is 11.6 Å². The summed E-state index contributed by atoms with van der Waals surface area (Å²) in [4.78, 5) is 0. The predicted octanol–water partition coefficient (Wildman–Crippen LogP) is 3.79. The summed E-state index contributed by atoms with van der Waals surface area (Å²) in [5.74, 6) is 0. The highest BCUT2D eigenvalue weighted by atomic mass is 35.5. The van der Waals surface area contributed by atoms with Crippen molar-refractivity contribution in [2.24, 2.45) is 0 Å². The summed E-state index contributed by atoms with van der Waals surface area (Å²) in [6, 6.07) is 15.8. The fraction of sp³-hybridized carbons (Fsp3) is 0.250. The quantitative estimate of drug-likeness (QED) is 0.887. The van der Waals surface area contributed by atoms with Crippen molar-refractivity contribution in [3.8, 4) is 0 Å². The van der Waals surface area contributed by atoms with Crippen molar-refractivity contribution in [2.75, 3.05) is 0 Å². The van der Waals surface area contributed by atoms with E-state index in [1.807, 2.05) is 36.4 Å². The van der Waals surface area contributed by atoms with Crippen LogP contribution in [0.5, 0.6) is 0 Å². The van der Waals surface area contributed by atoms with Gasteiger partial charge in [0.25, 0.3) is 0 Å². The zero-order valence-electron chi connectivity index (χ0n) is 10.4. The molecule has 94 valence electrons. The average molecular weight is 261 g/mol. The Labute approximate surface area is 113 Å². The van der Waals surface area contributed by atoms with Gasteiger partial charge in [0.05, 0.1) is 6.10 Å². The van der Waals surface area contributed by atoms with Crippen LogP contribution in [-0.4, -0.2) is 11.2 Å². The van der Waals surface area contributed by atoms with E-state index in [4.69, 9.17) is 11.6 Å². The molecule has 0 radical (unpaired) electrons. The second-order valence-corrected chi connectivity index (χ2v) is 4.99. The van der Waals surface area contributed by atoms with Crippen molar-refractivity contribution in [1.29, 1.82) is 0 Å². The van der Waals surface area contributed by atoms with Gasteiger partial charge in [-0.2, -0.15) is 0 Å². The summed E-state index contributed by atoms with van der Waals surface area (Å²) in [6.07, 6.45) is 0.859. The van der Waals surface area contributed by atoms with Gasteiger partial charge in [0.15, 0.2) is 0 Å². The smallest absolute Gasteiger partial charge is 0.0621 e. The molecule has 1 atom stereocenters. The maximum atomic E-state index is 10.1. The second kappa shape index (κ2) is 6.03. The lowest BCUT2D eigenvalue weighted by Crippen LogP contribution is -2.14. The van der Waals surface area contributed by atoms with Crippen LogP contribution in [0.4, 0.5) is 0 Å². The first-order valence-corrected chi connectivity index (χ1v) is 6.50. The Hall–Kier alpha value is -1.31. The molecule has 1 nitrogen and oxygen atoms in total. The molecule has 2 rings (SSSR count). The standard InChI is InChI=1S/C16H17ClO/c1-12-6-2-3-7-13(12)10-15(18)11-14-8-4-5-9-16(14)17/h2-9,15,18H,10-11H2,1H3. The third-order valence-corrected chi connectivity index (χ3v) is 3.50. The number of aliphatic hydroxyl groups excluding tert-OH is 1. The molecule has 0 fully saturated rings. The molecule has 1 unspecified atom stereocenters. The van der Waals surface area contributed by atoms with E-state index < -0.39 is 6.10 Å². The molecule has 0 spiro atoms. The van der Waals surface area contributed by atoms with E-state index in [0.717, 1.165) is 10.6 Å². The van der Waals surface area contributed by atoms with Crippen LogP contribution in [-0.2, 0) is 12.8 Å². The van der Waals surface area contributed by atoms with E-state index in [2.05, 4.69) is 19.1 Å². The van der Waals surface area contributed by atoms with Crippen LogP contribution in [0.15, 0.2) is 48.5 Å². The van der Waals surface area contributed by atoms with Crippen molar-refractivity contribution in [3.05, 3.63) is 70.2 Å². The Morgan fingerprint density at radius 3 is 2.17 bits per heavy atom. The van der Waals surface area contributed by atoms with Crippen LogP contribution < -0.4 is 0 Å². The molecule has 0 bridgehead atoms. The van der Waals surface area contributed by atoms with Crippen LogP contribution in [0.25, 0.3) is 0 Å². The molecule has 0 amide bonds. The third-order valence-electron chi connectivity index (χ3n) is 3.13. The van der Waals surface area contributed by atoms with E-state index in [0.29, 0.717) is 12.8 Å². The summed E-state index contributed by atoms with van der Waals surface area (Å²) in [5, 5.41) is 10.9. The lowest BCUT2D eigenvalue weighted by atomic mass is 9.98. The lowest BCUT2D eigenvalue weighted by molar-refractivity contribution is 0.175. The highest BCUT2D eigenvalue weighted by molar-refractivity contribution is 6.31. The van der Waals surface area contributed by atoms with Gasteiger partial charge in [0.2, 0.25) is 0 Å². The molecule has 0 heterocycles. The van der Waals surface area contributed by atoms with Gasteiger partial charge in [0, 0.05) is 11.4 Å². The minimum atomic E-state index is -0.397. The summed E-state index contributed by atoms with van der Waals surface area (Å²) < 4.78 is 0. The highest BCUT2D eigenvalue weighted by Gasteiger charge is 2.10. The first kappa shape index (κ1) is 13.1. The molecule has 1 N–H and O–H groups in total. The number of benzene rings is 2. The fourth-order valence-electron chi connectivity index (χ4n) is 2.08. The summed E-state index contributed by atoms with van der Waals surface area (Å²) in [7, 11) is 0. The fourth-order valence-corrected chi connectivity index (χ4v) is 2.30. The first-order valence-electron chi connectivity index (χ1n) is 6.13. The van der Waals surface area contributed by atoms with Gasteiger partial charge in [-0.3, -0.25) is 0 Å². The minimum Gasteiger partial charge on any atom is -0.392 e. The molecule has 2 heteroatoms. The summed E-state index contributed by atoms with van der Waals surface area (Å²) in [6.45, 7) is 2.07. The molecule has 2 aromatic rings. The van der Waals surface area contributed by atoms with Crippen molar-refractivity contribution in [3.63, 3.8) is 0 Å². The van der Waals surface area contributed by atoms with E-state index in [1.165, 1.54) is 11.1 Å². The Balaban J connectivity index is 2.04. The van der Waals surface area contributed by atoms with E-state index in [9.17, 15) is 5.11 Å². The van der Waals surface area contributed by atoms with Crippen LogP contribution in [0, 0.1) is 6.92 Å². The Morgan fingerprint density at radius 1 is 0.944 bits per heavy atom. The van der Waals surface area contributed by atoms with E-state index in [-0.39, 0.29) is 0 Å². The number of rotatable bonds is 4. The SMILES string of the molecule is Cc1ccccc1CC(O)Cc1ccccc1Cl. The van der Waals surface area contributed by atoms with Gasteiger partial charge in [0.1, 0.15) is 0 Å². The maximum Gasteiger partial charge on any atom is 0.0621 e. The van der Waals surface area contributed by atoms with Crippen molar-refractivity contribution in [1.82, 2.24) is 0 Å².